The topological polar surface area (TPSA) is 79.3 Å². The Balaban J connectivity index is 2.03. The van der Waals surface area contributed by atoms with E-state index in [0.717, 1.165) is 49.2 Å². The summed E-state index contributed by atoms with van der Waals surface area (Å²) in [6.07, 6.45) is 2.90. The maximum Gasteiger partial charge on any atom is 0.295 e. The summed E-state index contributed by atoms with van der Waals surface area (Å²) in [6, 6.07) is 12.2. The molecule has 2 aromatic carbocycles. The van der Waals surface area contributed by atoms with Gasteiger partial charge in [0.2, 0.25) is 0 Å². The number of aliphatic hydroxyl groups is 1. The van der Waals surface area contributed by atoms with Crippen LogP contribution in [0.5, 0.6) is 11.5 Å². The van der Waals surface area contributed by atoms with E-state index < -0.39 is 17.7 Å². The predicted molar refractivity (Wildman–Crippen MR) is 151 cm³/mol. The number of aliphatic hydroxyl groups excluding tert-OH is 1. The number of likely N-dealkylation sites (tertiary alicyclic amines) is 1. The van der Waals surface area contributed by atoms with Crippen LogP contribution >= 0.6 is 0 Å². The van der Waals surface area contributed by atoms with Crippen molar-refractivity contribution < 1.29 is 24.2 Å². The SMILES string of the molecule is CCCCOc1ccc(C2C(=C(O)c3ccc(OCCC)cc3C)C(=O)C(=O)N2CCN(CC)CC)cc1. The molecule has 0 bridgehead atoms. The van der Waals surface area contributed by atoms with Gasteiger partial charge in [0.05, 0.1) is 24.8 Å². The minimum absolute atomic E-state index is 0.111. The second-order valence-corrected chi connectivity index (χ2v) is 9.62. The lowest BCUT2D eigenvalue weighted by Gasteiger charge is -2.28. The lowest BCUT2D eigenvalue weighted by Crippen LogP contribution is -2.38. The predicted octanol–water partition coefficient (Wildman–Crippen LogP) is 5.73. The van der Waals surface area contributed by atoms with E-state index >= 15 is 0 Å². The minimum Gasteiger partial charge on any atom is -0.507 e. The van der Waals surface area contributed by atoms with E-state index in [0.29, 0.717) is 37.6 Å². The van der Waals surface area contributed by atoms with Crippen LogP contribution in [0, 0.1) is 6.92 Å². The lowest BCUT2D eigenvalue weighted by atomic mass is 9.94. The van der Waals surface area contributed by atoms with Crippen LogP contribution in [0.1, 0.15) is 69.7 Å². The number of hydrogen-bond acceptors (Lipinski definition) is 6. The first kappa shape index (κ1) is 29.2. The molecule has 0 saturated carbocycles. The van der Waals surface area contributed by atoms with Gasteiger partial charge >= 0.3 is 0 Å². The molecule has 38 heavy (non-hydrogen) atoms. The van der Waals surface area contributed by atoms with E-state index in [9.17, 15) is 14.7 Å². The number of amides is 1. The third kappa shape index (κ3) is 6.76. The Morgan fingerprint density at radius 2 is 1.58 bits per heavy atom. The third-order valence-corrected chi connectivity index (χ3v) is 6.98. The summed E-state index contributed by atoms with van der Waals surface area (Å²) in [4.78, 5) is 30.5. The molecule has 1 N–H and O–H groups in total. The summed E-state index contributed by atoms with van der Waals surface area (Å²) in [5.74, 6) is 0.0200. The monoisotopic (exact) mass is 522 g/mol. The summed E-state index contributed by atoms with van der Waals surface area (Å²) in [7, 11) is 0. The van der Waals surface area contributed by atoms with Gasteiger partial charge in [-0.3, -0.25) is 9.59 Å². The van der Waals surface area contributed by atoms with Crippen molar-refractivity contribution in [2.24, 2.45) is 0 Å². The summed E-state index contributed by atoms with van der Waals surface area (Å²) in [6.45, 7) is 14.1. The number of carbonyl (C=O) groups excluding carboxylic acids is 2. The van der Waals surface area contributed by atoms with Crippen molar-refractivity contribution in [2.45, 2.75) is 59.9 Å². The summed E-state index contributed by atoms with van der Waals surface area (Å²) in [5, 5.41) is 11.5. The molecular formula is C31H42N2O5. The van der Waals surface area contributed by atoms with E-state index in [1.54, 1.807) is 17.0 Å². The number of ether oxygens (including phenoxy) is 2. The number of ketones is 1. The van der Waals surface area contributed by atoms with Crippen LogP contribution in [0.2, 0.25) is 0 Å². The van der Waals surface area contributed by atoms with Crippen LogP contribution in [0.4, 0.5) is 0 Å². The first-order chi connectivity index (χ1) is 18.4. The summed E-state index contributed by atoms with van der Waals surface area (Å²) in [5.41, 5.74) is 2.15. The fraction of sp³-hybridized carbons (Fsp3) is 0.484. The van der Waals surface area contributed by atoms with E-state index in [2.05, 4.69) is 25.7 Å². The molecule has 0 spiro atoms. The number of rotatable bonds is 14. The fourth-order valence-corrected chi connectivity index (χ4v) is 4.68. The van der Waals surface area contributed by atoms with E-state index in [1.165, 1.54) is 0 Å². The van der Waals surface area contributed by atoms with Crippen molar-refractivity contribution in [3.05, 3.63) is 64.7 Å². The quantitative estimate of drug-likeness (QED) is 0.148. The smallest absolute Gasteiger partial charge is 0.295 e. The van der Waals surface area contributed by atoms with Gasteiger partial charge in [0, 0.05) is 18.7 Å². The maximum atomic E-state index is 13.4. The van der Waals surface area contributed by atoms with Crippen molar-refractivity contribution in [1.82, 2.24) is 9.80 Å². The standard InChI is InChI=1S/C31H42N2O5/c1-6-10-20-38-24-13-11-23(12-14-24)28-27(30(35)31(36)33(28)18-17-32(8-3)9-4)29(34)26-16-15-25(21-22(26)5)37-19-7-2/h11-16,21,28,34H,6-10,17-20H2,1-5H3. The van der Waals surface area contributed by atoms with E-state index in [-0.39, 0.29) is 11.3 Å². The molecule has 1 fully saturated rings. The maximum absolute atomic E-state index is 13.4. The van der Waals surface area contributed by atoms with Gasteiger partial charge in [-0.15, -0.1) is 0 Å². The second kappa shape index (κ2) is 14.0. The zero-order chi connectivity index (χ0) is 27.7. The molecule has 1 aliphatic rings. The van der Waals surface area contributed by atoms with Crippen molar-refractivity contribution >= 4 is 17.4 Å². The lowest BCUT2D eigenvalue weighted by molar-refractivity contribution is -0.140. The average Bonchev–Trinajstić information content (AvgIpc) is 3.17. The number of aryl methyl sites for hydroxylation is 1. The van der Waals surface area contributed by atoms with Gasteiger partial charge in [0.1, 0.15) is 17.3 Å². The molecule has 2 aromatic rings. The molecule has 0 aromatic heterocycles. The Kier molecular flexibility index (Phi) is 10.8. The zero-order valence-electron chi connectivity index (χ0n) is 23.5. The first-order valence-corrected chi connectivity index (χ1v) is 13.8. The Morgan fingerprint density at radius 3 is 2.18 bits per heavy atom. The summed E-state index contributed by atoms with van der Waals surface area (Å²) >= 11 is 0. The van der Waals surface area contributed by atoms with Crippen LogP contribution in [-0.2, 0) is 9.59 Å². The molecule has 3 rings (SSSR count). The normalized spacial score (nSPS) is 16.9. The van der Waals surface area contributed by atoms with Gasteiger partial charge in [-0.25, -0.2) is 0 Å². The fourth-order valence-electron chi connectivity index (χ4n) is 4.68. The molecule has 7 heteroatoms. The van der Waals surface area contributed by atoms with Crippen LogP contribution in [0.15, 0.2) is 48.0 Å². The molecule has 7 nitrogen and oxygen atoms in total. The Morgan fingerprint density at radius 1 is 0.921 bits per heavy atom. The number of unbranched alkanes of at least 4 members (excludes halogenated alkanes) is 1. The molecule has 0 radical (unpaired) electrons. The molecule has 1 unspecified atom stereocenters. The van der Waals surface area contributed by atoms with E-state index in [1.807, 2.05) is 44.2 Å². The zero-order valence-corrected chi connectivity index (χ0v) is 23.5. The number of Topliss-reactive ketones (excluding diaryl/α,β-unsaturated/α-hetero) is 1. The highest BCUT2D eigenvalue weighted by Gasteiger charge is 2.46. The largest absolute Gasteiger partial charge is 0.507 e. The molecule has 1 heterocycles. The van der Waals surface area contributed by atoms with Gasteiger partial charge < -0.3 is 24.4 Å². The van der Waals surface area contributed by atoms with Gasteiger partial charge in [0.25, 0.3) is 11.7 Å². The number of nitrogens with zero attached hydrogens (tertiary/aromatic N) is 2. The number of likely N-dealkylation sites (N-methyl/N-ethyl adjacent to an activating group) is 1. The average molecular weight is 523 g/mol. The van der Waals surface area contributed by atoms with Crippen LogP contribution in [0.3, 0.4) is 0 Å². The van der Waals surface area contributed by atoms with Gasteiger partial charge in [0.15, 0.2) is 0 Å². The van der Waals surface area contributed by atoms with Gasteiger partial charge in [-0.05, 0) is 74.3 Å². The van der Waals surface area contributed by atoms with Crippen LogP contribution < -0.4 is 9.47 Å². The highest BCUT2D eigenvalue weighted by molar-refractivity contribution is 6.46. The Labute approximate surface area is 227 Å². The van der Waals surface area contributed by atoms with Crippen molar-refractivity contribution in [2.75, 3.05) is 39.4 Å². The van der Waals surface area contributed by atoms with E-state index in [4.69, 9.17) is 9.47 Å². The first-order valence-electron chi connectivity index (χ1n) is 13.8. The molecular weight excluding hydrogens is 480 g/mol. The van der Waals surface area contributed by atoms with Crippen molar-refractivity contribution in [3.63, 3.8) is 0 Å². The van der Waals surface area contributed by atoms with Gasteiger partial charge in [-0.2, -0.15) is 0 Å². The molecule has 1 atom stereocenters. The molecule has 1 amide bonds. The second-order valence-electron chi connectivity index (χ2n) is 9.62. The Bertz CT molecular complexity index is 1120. The highest BCUT2D eigenvalue weighted by Crippen LogP contribution is 2.40. The summed E-state index contributed by atoms with van der Waals surface area (Å²) < 4.78 is 11.5. The Hall–Kier alpha value is -3.32. The van der Waals surface area contributed by atoms with Crippen LogP contribution in [0.25, 0.3) is 5.76 Å². The molecule has 1 aliphatic heterocycles. The number of benzene rings is 2. The van der Waals surface area contributed by atoms with Gasteiger partial charge in [-0.1, -0.05) is 46.2 Å². The third-order valence-electron chi connectivity index (χ3n) is 6.98. The van der Waals surface area contributed by atoms with Crippen LogP contribution in [-0.4, -0.2) is 66.0 Å². The minimum atomic E-state index is -0.689. The molecule has 206 valence electrons. The number of carbonyl (C=O) groups is 2. The van der Waals surface area contributed by atoms with Crippen molar-refractivity contribution in [3.8, 4) is 11.5 Å². The molecule has 0 aliphatic carbocycles. The number of hydrogen-bond donors (Lipinski definition) is 1. The van der Waals surface area contributed by atoms with Crippen molar-refractivity contribution in [1.29, 1.82) is 0 Å². The molecule has 1 saturated heterocycles. The highest BCUT2D eigenvalue weighted by atomic mass is 16.5.